The van der Waals surface area contributed by atoms with E-state index in [1.807, 2.05) is 0 Å². The average Bonchev–Trinajstić information content (AvgIpc) is 3.01. The minimum Gasteiger partial charge on any atom is -0.393 e. The third-order valence-electron chi connectivity index (χ3n) is 11.0. The van der Waals surface area contributed by atoms with Crippen LogP contribution < -0.4 is 0 Å². The lowest BCUT2D eigenvalue weighted by molar-refractivity contribution is -0.264. The highest BCUT2D eigenvalue weighted by Crippen LogP contribution is 2.69. The fourth-order valence-electron chi connectivity index (χ4n) is 9.29. The standard InChI is InChI=1S/C27H48O3/c1-17(2)7-6-8-18(3)21-9-10-22-20-15-24(29)27(30)16-19(28)11-14-26(27,5)23(20)12-13-25(21,22)4/h17-24,28-30H,6-16H2,1-5H3/t18-,19+,20-,21-,22+,23+,24-,25-,26-,27+/m1/s1. The van der Waals surface area contributed by atoms with Gasteiger partial charge in [0.1, 0.15) is 0 Å². The maximum atomic E-state index is 11.6. The summed E-state index contributed by atoms with van der Waals surface area (Å²) in [5, 5.41) is 33.0. The van der Waals surface area contributed by atoms with Gasteiger partial charge in [0.15, 0.2) is 0 Å². The number of hydrogen-bond donors (Lipinski definition) is 3. The van der Waals surface area contributed by atoms with E-state index in [2.05, 4.69) is 34.6 Å². The van der Waals surface area contributed by atoms with Gasteiger partial charge in [-0.3, -0.25) is 0 Å². The Bertz CT molecular complexity index is 619. The molecule has 0 aromatic rings. The van der Waals surface area contributed by atoms with Crippen LogP contribution >= 0.6 is 0 Å². The molecule has 30 heavy (non-hydrogen) atoms. The van der Waals surface area contributed by atoms with Gasteiger partial charge in [0.2, 0.25) is 0 Å². The molecule has 3 N–H and O–H groups in total. The molecular weight excluding hydrogens is 372 g/mol. The van der Waals surface area contributed by atoms with Gasteiger partial charge in [-0.15, -0.1) is 0 Å². The monoisotopic (exact) mass is 420 g/mol. The van der Waals surface area contributed by atoms with Crippen LogP contribution in [0, 0.1) is 46.3 Å². The van der Waals surface area contributed by atoms with E-state index in [9.17, 15) is 15.3 Å². The minimum atomic E-state index is -1.11. The smallest absolute Gasteiger partial charge is 0.0985 e. The zero-order valence-corrected chi connectivity index (χ0v) is 20.2. The molecule has 4 aliphatic carbocycles. The Hall–Kier alpha value is -0.120. The van der Waals surface area contributed by atoms with Crippen LogP contribution in [0.5, 0.6) is 0 Å². The molecule has 0 heterocycles. The summed E-state index contributed by atoms with van der Waals surface area (Å²) in [6.07, 6.45) is 10.7. The number of rotatable bonds is 5. The molecule has 0 bridgehead atoms. The van der Waals surface area contributed by atoms with Crippen molar-refractivity contribution in [1.29, 1.82) is 0 Å². The van der Waals surface area contributed by atoms with Gasteiger partial charge < -0.3 is 15.3 Å². The highest BCUT2D eigenvalue weighted by atomic mass is 16.3. The SMILES string of the molecule is CC(C)CCC[C@@H](C)[C@H]1CC[C@H]2[C@H]3C[C@@H](O)[C@@]4(O)C[C@@H](O)CC[C@]4(C)[C@H]3CC[C@]12C. The second kappa shape index (κ2) is 8.03. The Kier molecular flexibility index (Phi) is 6.17. The summed E-state index contributed by atoms with van der Waals surface area (Å²) in [5.74, 6) is 4.13. The Morgan fingerprint density at radius 1 is 0.900 bits per heavy atom. The summed E-state index contributed by atoms with van der Waals surface area (Å²) < 4.78 is 0. The van der Waals surface area contributed by atoms with Gasteiger partial charge in [-0.1, -0.05) is 53.9 Å². The Morgan fingerprint density at radius 2 is 1.63 bits per heavy atom. The molecule has 0 aromatic carbocycles. The molecule has 0 saturated heterocycles. The molecule has 0 unspecified atom stereocenters. The van der Waals surface area contributed by atoms with Gasteiger partial charge in [-0.2, -0.15) is 0 Å². The van der Waals surface area contributed by atoms with Gasteiger partial charge >= 0.3 is 0 Å². The fourth-order valence-corrected chi connectivity index (χ4v) is 9.29. The zero-order valence-electron chi connectivity index (χ0n) is 20.2. The highest BCUT2D eigenvalue weighted by molar-refractivity contribution is 5.17. The number of fused-ring (bicyclic) bond motifs is 5. The lowest BCUT2D eigenvalue weighted by Gasteiger charge is -2.65. The molecule has 4 fully saturated rings. The maximum Gasteiger partial charge on any atom is 0.0985 e. The van der Waals surface area contributed by atoms with Crippen molar-refractivity contribution in [1.82, 2.24) is 0 Å². The summed E-state index contributed by atoms with van der Waals surface area (Å²) in [7, 11) is 0. The van der Waals surface area contributed by atoms with Crippen molar-refractivity contribution in [2.24, 2.45) is 46.3 Å². The van der Waals surface area contributed by atoms with E-state index in [0.717, 1.165) is 37.0 Å². The van der Waals surface area contributed by atoms with E-state index in [4.69, 9.17) is 0 Å². The van der Waals surface area contributed by atoms with Crippen LogP contribution in [0.2, 0.25) is 0 Å². The minimum absolute atomic E-state index is 0.253. The topological polar surface area (TPSA) is 60.7 Å². The summed E-state index contributed by atoms with van der Waals surface area (Å²) in [6.45, 7) is 12.0. The van der Waals surface area contributed by atoms with Crippen LogP contribution in [0.1, 0.15) is 105 Å². The van der Waals surface area contributed by atoms with Gasteiger partial charge in [-0.05, 0) is 85.9 Å². The van der Waals surface area contributed by atoms with E-state index in [-0.39, 0.29) is 5.41 Å². The molecule has 4 rings (SSSR count). The molecule has 10 atom stereocenters. The average molecular weight is 421 g/mol. The largest absolute Gasteiger partial charge is 0.393 e. The summed E-state index contributed by atoms with van der Waals surface area (Å²) in [4.78, 5) is 0. The van der Waals surface area contributed by atoms with E-state index < -0.39 is 17.8 Å². The van der Waals surface area contributed by atoms with Crippen molar-refractivity contribution in [3.05, 3.63) is 0 Å². The quantitative estimate of drug-likeness (QED) is 0.546. The first-order chi connectivity index (χ1) is 14.0. The summed E-state index contributed by atoms with van der Waals surface area (Å²) in [6, 6.07) is 0. The van der Waals surface area contributed by atoms with Gasteiger partial charge in [0.05, 0.1) is 17.8 Å². The predicted octanol–water partition coefficient (Wildman–Crippen LogP) is 5.55. The number of aliphatic hydroxyl groups is 3. The second-order valence-electron chi connectivity index (χ2n) is 12.9. The van der Waals surface area contributed by atoms with E-state index in [1.54, 1.807) is 0 Å². The molecular formula is C27H48O3. The molecule has 0 amide bonds. The van der Waals surface area contributed by atoms with Crippen molar-refractivity contribution in [2.75, 3.05) is 0 Å². The lowest BCUT2D eigenvalue weighted by atomic mass is 9.42. The third kappa shape index (κ3) is 3.41. The van der Waals surface area contributed by atoms with Crippen molar-refractivity contribution < 1.29 is 15.3 Å². The number of hydrogen-bond acceptors (Lipinski definition) is 3. The first kappa shape index (κ1) is 23.1. The summed E-state index contributed by atoms with van der Waals surface area (Å²) in [5.41, 5.74) is -0.962. The van der Waals surface area contributed by atoms with Crippen molar-refractivity contribution in [2.45, 2.75) is 123 Å². The highest BCUT2D eigenvalue weighted by Gasteiger charge is 2.67. The van der Waals surface area contributed by atoms with Crippen LogP contribution in [0.3, 0.4) is 0 Å². The predicted molar refractivity (Wildman–Crippen MR) is 122 cm³/mol. The first-order valence-electron chi connectivity index (χ1n) is 13.1. The van der Waals surface area contributed by atoms with Crippen molar-refractivity contribution >= 4 is 0 Å². The fraction of sp³-hybridized carbons (Fsp3) is 1.00. The maximum absolute atomic E-state index is 11.6. The number of aliphatic hydroxyl groups excluding tert-OH is 2. The Balaban J connectivity index is 1.53. The van der Waals surface area contributed by atoms with Crippen LogP contribution in [0.25, 0.3) is 0 Å². The molecule has 0 spiro atoms. The molecule has 3 heteroatoms. The van der Waals surface area contributed by atoms with Crippen molar-refractivity contribution in [3.8, 4) is 0 Å². The zero-order chi connectivity index (χ0) is 21.9. The summed E-state index contributed by atoms with van der Waals surface area (Å²) >= 11 is 0. The Morgan fingerprint density at radius 3 is 2.33 bits per heavy atom. The van der Waals surface area contributed by atoms with Gasteiger partial charge in [0.25, 0.3) is 0 Å². The van der Waals surface area contributed by atoms with Crippen LogP contribution in [0.15, 0.2) is 0 Å². The first-order valence-corrected chi connectivity index (χ1v) is 13.1. The molecule has 0 radical (unpaired) electrons. The third-order valence-corrected chi connectivity index (χ3v) is 11.0. The van der Waals surface area contributed by atoms with Crippen LogP contribution in [0.4, 0.5) is 0 Å². The van der Waals surface area contributed by atoms with Gasteiger partial charge in [-0.25, -0.2) is 0 Å². The second-order valence-corrected chi connectivity index (χ2v) is 12.9. The van der Waals surface area contributed by atoms with Crippen LogP contribution in [-0.2, 0) is 0 Å². The molecule has 4 aliphatic rings. The van der Waals surface area contributed by atoms with Crippen LogP contribution in [-0.4, -0.2) is 33.1 Å². The van der Waals surface area contributed by atoms with Gasteiger partial charge in [0, 0.05) is 11.8 Å². The normalized spacial score (nSPS) is 51.9. The molecule has 0 aliphatic heterocycles. The van der Waals surface area contributed by atoms with E-state index in [1.165, 1.54) is 44.9 Å². The Labute approximate surface area is 185 Å². The molecule has 4 saturated carbocycles. The molecule has 0 aromatic heterocycles. The molecule has 3 nitrogen and oxygen atoms in total. The van der Waals surface area contributed by atoms with E-state index in [0.29, 0.717) is 29.6 Å². The van der Waals surface area contributed by atoms with Crippen molar-refractivity contribution in [3.63, 3.8) is 0 Å². The van der Waals surface area contributed by atoms with E-state index >= 15 is 0 Å². The molecule has 174 valence electrons. The lowest BCUT2D eigenvalue weighted by Crippen LogP contribution is -2.68.